The van der Waals surface area contributed by atoms with Crippen molar-refractivity contribution in [3.8, 4) is 0 Å². The van der Waals surface area contributed by atoms with Crippen LogP contribution in [0.4, 0.5) is 0 Å². The molecule has 0 saturated heterocycles. The molecule has 7 heteroatoms. The van der Waals surface area contributed by atoms with Gasteiger partial charge in [0.05, 0.1) is 22.1 Å². The molecule has 0 unspecified atom stereocenters. The van der Waals surface area contributed by atoms with Gasteiger partial charge < -0.3 is 5.32 Å². The molecule has 1 aromatic heterocycles. The predicted molar refractivity (Wildman–Crippen MR) is 84.8 cm³/mol. The van der Waals surface area contributed by atoms with Gasteiger partial charge in [0.25, 0.3) is 0 Å². The maximum absolute atomic E-state index is 12.3. The Labute approximate surface area is 129 Å². The Bertz CT molecular complexity index is 724. The van der Waals surface area contributed by atoms with E-state index < -0.39 is 10.0 Å². The molecule has 0 saturated carbocycles. The van der Waals surface area contributed by atoms with Gasteiger partial charge in [0.1, 0.15) is 0 Å². The lowest BCUT2D eigenvalue weighted by atomic mass is 10.1. The van der Waals surface area contributed by atoms with Crippen molar-refractivity contribution in [2.75, 3.05) is 7.05 Å². The van der Waals surface area contributed by atoms with Gasteiger partial charge in [-0.05, 0) is 44.2 Å². The molecule has 2 N–H and O–H groups in total. The Hall–Kier alpha value is -1.28. The van der Waals surface area contributed by atoms with E-state index in [1.54, 1.807) is 12.1 Å². The summed E-state index contributed by atoms with van der Waals surface area (Å²) < 4.78 is 27.2. The van der Waals surface area contributed by atoms with Crippen LogP contribution in [-0.4, -0.2) is 20.4 Å². The van der Waals surface area contributed by atoms with Crippen LogP contribution in [-0.2, 0) is 23.1 Å². The highest BCUT2D eigenvalue weighted by molar-refractivity contribution is 7.89. The highest BCUT2D eigenvalue weighted by atomic mass is 32.2. The number of sulfonamides is 1. The second-order valence-corrected chi connectivity index (χ2v) is 7.63. The number of aryl methyl sites for hydroxylation is 2. The topological polar surface area (TPSA) is 71.1 Å². The number of aromatic nitrogens is 1. The highest BCUT2D eigenvalue weighted by Gasteiger charge is 2.15. The lowest BCUT2D eigenvalue weighted by Gasteiger charge is -2.10. The van der Waals surface area contributed by atoms with E-state index in [1.807, 2.05) is 32.3 Å². The highest BCUT2D eigenvalue weighted by Crippen LogP contribution is 2.16. The van der Waals surface area contributed by atoms with Crippen molar-refractivity contribution in [3.05, 3.63) is 45.4 Å². The molecule has 0 aliphatic carbocycles. The van der Waals surface area contributed by atoms with Gasteiger partial charge in [0.15, 0.2) is 0 Å². The van der Waals surface area contributed by atoms with Crippen molar-refractivity contribution in [3.63, 3.8) is 0 Å². The summed E-state index contributed by atoms with van der Waals surface area (Å²) in [5, 5.41) is 5.83. The fourth-order valence-corrected chi connectivity index (χ4v) is 3.60. The number of rotatable bonds is 6. The van der Waals surface area contributed by atoms with E-state index in [0.29, 0.717) is 6.54 Å². The number of nitrogens with zero attached hydrogens (tertiary/aromatic N) is 1. The van der Waals surface area contributed by atoms with Crippen molar-refractivity contribution in [1.29, 1.82) is 0 Å². The molecule has 21 heavy (non-hydrogen) atoms. The standard InChI is InChI=1S/C14H19N3O2S2/c1-10-4-5-14(6-12(10)7-15-3)21(18,19)16-8-13-9-20-11(2)17-13/h4-6,9,15-16H,7-8H2,1-3H3. The van der Waals surface area contributed by atoms with Crippen LogP contribution in [0.15, 0.2) is 28.5 Å². The van der Waals surface area contributed by atoms with Crippen molar-refractivity contribution in [2.24, 2.45) is 0 Å². The molecule has 0 aliphatic heterocycles. The second kappa shape index (κ2) is 6.65. The first kappa shape index (κ1) is 16.1. The van der Waals surface area contributed by atoms with E-state index in [1.165, 1.54) is 11.3 Å². The quantitative estimate of drug-likeness (QED) is 0.852. The minimum Gasteiger partial charge on any atom is -0.316 e. The molecule has 5 nitrogen and oxygen atoms in total. The summed E-state index contributed by atoms with van der Waals surface area (Å²) in [4.78, 5) is 4.53. The average Bonchev–Trinajstić information content (AvgIpc) is 2.85. The third-order valence-corrected chi connectivity index (χ3v) is 5.33. The van der Waals surface area contributed by atoms with Crippen molar-refractivity contribution in [2.45, 2.75) is 31.8 Å². The molecule has 2 rings (SSSR count). The Morgan fingerprint density at radius 1 is 1.24 bits per heavy atom. The molecule has 0 bridgehead atoms. The lowest BCUT2D eigenvalue weighted by molar-refractivity contribution is 0.580. The molecule has 0 atom stereocenters. The Balaban J connectivity index is 2.17. The number of hydrogen-bond donors (Lipinski definition) is 2. The smallest absolute Gasteiger partial charge is 0.240 e. The van der Waals surface area contributed by atoms with Crippen molar-refractivity contribution >= 4 is 21.4 Å². The van der Waals surface area contributed by atoms with E-state index in [-0.39, 0.29) is 11.4 Å². The molecule has 2 aromatic rings. The average molecular weight is 325 g/mol. The SMILES string of the molecule is CNCc1cc(S(=O)(=O)NCc2csc(C)n2)ccc1C. The Morgan fingerprint density at radius 2 is 2.00 bits per heavy atom. The van der Waals surface area contributed by atoms with E-state index in [0.717, 1.165) is 21.8 Å². The van der Waals surface area contributed by atoms with Gasteiger partial charge >= 0.3 is 0 Å². The van der Waals surface area contributed by atoms with Crippen LogP contribution < -0.4 is 10.0 Å². The summed E-state index contributed by atoms with van der Waals surface area (Å²) in [5.74, 6) is 0. The third-order valence-electron chi connectivity index (χ3n) is 3.11. The van der Waals surface area contributed by atoms with Gasteiger partial charge in [0, 0.05) is 11.9 Å². The summed E-state index contributed by atoms with van der Waals surface area (Å²) in [5.41, 5.74) is 2.78. The Kier molecular flexibility index (Phi) is 5.10. The van der Waals surface area contributed by atoms with Crippen molar-refractivity contribution < 1.29 is 8.42 Å². The summed E-state index contributed by atoms with van der Waals surface area (Å²) in [7, 11) is -1.68. The second-order valence-electron chi connectivity index (χ2n) is 4.80. The van der Waals surface area contributed by atoms with Gasteiger partial charge in [-0.2, -0.15) is 0 Å². The van der Waals surface area contributed by atoms with Crippen LogP contribution in [0, 0.1) is 13.8 Å². The molecule has 0 amide bonds. The number of nitrogens with one attached hydrogen (secondary N) is 2. The van der Waals surface area contributed by atoms with Crippen LogP contribution >= 0.6 is 11.3 Å². The first-order valence-corrected chi connectivity index (χ1v) is 8.93. The van der Waals surface area contributed by atoms with Crippen LogP contribution in [0.2, 0.25) is 0 Å². The van der Waals surface area contributed by atoms with E-state index in [2.05, 4.69) is 15.0 Å². The van der Waals surface area contributed by atoms with Crippen LogP contribution in [0.25, 0.3) is 0 Å². The molecular formula is C14H19N3O2S2. The molecule has 1 aromatic carbocycles. The fraction of sp³-hybridized carbons (Fsp3) is 0.357. The van der Waals surface area contributed by atoms with Crippen LogP contribution in [0.3, 0.4) is 0 Å². The molecule has 1 heterocycles. The van der Waals surface area contributed by atoms with E-state index in [4.69, 9.17) is 0 Å². The lowest BCUT2D eigenvalue weighted by Crippen LogP contribution is -2.23. The van der Waals surface area contributed by atoms with Crippen LogP contribution in [0.1, 0.15) is 21.8 Å². The Morgan fingerprint density at radius 3 is 2.62 bits per heavy atom. The minimum absolute atomic E-state index is 0.210. The number of thiazole rings is 1. The molecule has 0 fully saturated rings. The molecular weight excluding hydrogens is 306 g/mol. The van der Waals surface area contributed by atoms with Gasteiger partial charge in [-0.1, -0.05) is 6.07 Å². The molecule has 114 valence electrons. The third kappa shape index (κ3) is 4.10. The zero-order valence-corrected chi connectivity index (χ0v) is 13.9. The van der Waals surface area contributed by atoms with Gasteiger partial charge in [-0.25, -0.2) is 18.1 Å². The predicted octanol–water partition coefficient (Wildman–Crippen LogP) is 1.96. The summed E-state index contributed by atoms with van der Waals surface area (Å²) in [6.07, 6.45) is 0. The zero-order valence-electron chi connectivity index (χ0n) is 12.3. The monoisotopic (exact) mass is 325 g/mol. The number of hydrogen-bond acceptors (Lipinski definition) is 5. The summed E-state index contributed by atoms with van der Waals surface area (Å²) >= 11 is 1.51. The zero-order chi connectivity index (χ0) is 15.5. The first-order chi connectivity index (χ1) is 9.92. The van der Waals surface area contributed by atoms with Crippen molar-refractivity contribution in [1.82, 2.24) is 15.0 Å². The normalized spacial score (nSPS) is 11.8. The van der Waals surface area contributed by atoms with E-state index >= 15 is 0 Å². The summed E-state index contributed by atoms with van der Waals surface area (Å²) in [6, 6.07) is 5.16. The van der Waals surface area contributed by atoms with Crippen LogP contribution in [0.5, 0.6) is 0 Å². The first-order valence-electron chi connectivity index (χ1n) is 6.57. The van der Waals surface area contributed by atoms with Gasteiger partial charge in [-0.3, -0.25) is 0 Å². The summed E-state index contributed by atoms with van der Waals surface area (Å²) in [6.45, 7) is 4.71. The largest absolute Gasteiger partial charge is 0.316 e. The van der Waals surface area contributed by atoms with Gasteiger partial charge in [-0.15, -0.1) is 11.3 Å². The van der Waals surface area contributed by atoms with Gasteiger partial charge in [0.2, 0.25) is 10.0 Å². The fourth-order valence-electron chi connectivity index (χ4n) is 1.94. The maximum atomic E-state index is 12.3. The maximum Gasteiger partial charge on any atom is 0.240 e. The minimum atomic E-state index is -3.52. The molecule has 0 aliphatic rings. The van der Waals surface area contributed by atoms with E-state index in [9.17, 15) is 8.42 Å². The molecule has 0 radical (unpaired) electrons. The molecule has 0 spiro atoms. The number of benzene rings is 1.